The highest BCUT2D eigenvalue weighted by Crippen LogP contribution is 2.64. The molecule has 168 valence electrons. The molecule has 2 saturated carbocycles. The van der Waals surface area contributed by atoms with E-state index >= 15 is 0 Å². The number of hydrogen-bond donors (Lipinski definition) is 1. The lowest BCUT2D eigenvalue weighted by Gasteiger charge is -2.52. The average molecular weight is 434 g/mol. The molecule has 2 fully saturated rings. The van der Waals surface area contributed by atoms with E-state index in [-0.39, 0.29) is 29.2 Å². The van der Waals surface area contributed by atoms with E-state index in [0.29, 0.717) is 18.3 Å². The molecule has 32 heavy (non-hydrogen) atoms. The van der Waals surface area contributed by atoms with E-state index in [1.165, 1.54) is 35.4 Å². The number of oxime groups is 1. The van der Waals surface area contributed by atoms with Gasteiger partial charge in [0.2, 0.25) is 0 Å². The second-order valence-electron chi connectivity index (χ2n) is 10.2. The highest BCUT2D eigenvalue weighted by Gasteiger charge is 2.57. The summed E-state index contributed by atoms with van der Waals surface area (Å²) in [6, 6.07) is 8.26. The summed E-state index contributed by atoms with van der Waals surface area (Å²) in [6.45, 7) is 3.85. The molecule has 5 heteroatoms. The Labute approximate surface area is 189 Å². The van der Waals surface area contributed by atoms with Crippen LogP contribution in [0.15, 0.2) is 52.2 Å². The van der Waals surface area contributed by atoms with Gasteiger partial charge in [0.05, 0.1) is 6.21 Å². The monoisotopic (exact) mass is 433 g/mol. The van der Waals surface area contributed by atoms with E-state index in [1.54, 1.807) is 0 Å². The number of esters is 1. The topological polar surface area (TPSA) is 76.0 Å². The third-order valence-corrected chi connectivity index (χ3v) is 8.50. The summed E-state index contributed by atoms with van der Waals surface area (Å²) in [4.78, 5) is 24.0. The number of benzene rings is 1. The van der Waals surface area contributed by atoms with Gasteiger partial charge in [-0.15, -0.1) is 0 Å². The molecule has 0 aliphatic heterocycles. The molecule has 0 radical (unpaired) electrons. The van der Waals surface area contributed by atoms with Crippen molar-refractivity contribution < 1.29 is 19.5 Å². The first-order chi connectivity index (χ1) is 15.4. The normalized spacial score (nSPS) is 34.1. The van der Waals surface area contributed by atoms with Gasteiger partial charge in [0.25, 0.3) is 0 Å². The highest BCUT2D eigenvalue weighted by atomic mass is 16.5. The molecule has 4 aliphatic carbocycles. The van der Waals surface area contributed by atoms with Gasteiger partial charge in [-0.1, -0.05) is 41.9 Å². The number of ether oxygens (including phenoxy) is 1. The number of fused-ring (bicyclic) bond motifs is 4. The van der Waals surface area contributed by atoms with Gasteiger partial charge in [0, 0.05) is 24.7 Å². The van der Waals surface area contributed by atoms with Crippen molar-refractivity contribution in [2.75, 3.05) is 0 Å². The molecule has 1 N–H and O–H groups in total. The molecule has 2 unspecified atom stereocenters. The highest BCUT2D eigenvalue weighted by molar-refractivity contribution is 5.93. The summed E-state index contributed by atoms with van der Waals surface area (Å²) in [5.74, 6) is 1.28. The number of ketones is 1. The van der Waals surface area contributed by atoms with Crippen molar-refractivity contribution >= 4 is 18.0 Å². The Bertz CT molecular complexity index is 1030. The van der Waals surface area contributed by atoms with Gasteiger partial charge in [0.15, 0.2) is 5.78 Å². The zero-order chi connectivity index (χ0) is 22.5. The van der Waals surface area contributed by atoms with Crippen LogP contribution < -0.4 is 0 Å². The number of carbonyl (C=O) groups excluding carboxylic acids is 2. The second-order valence-corrected chi connectivity index (χ2v) is 10.2. The van der Waals surface area contributed by atoms with Crippen molar-refractivity contribution in [2.45, 2.75) is 70.8 Å². The molecular weight excluding hydrogens is 402 g/mol. The molecule has 0 heterocycles. The standard InChI is InChI=1S/C27H31NO4/c1-16(29)32-25-12-11-24-22-9-7-19-13-20(30)8-10-21(19)26(22)23(14-27(24,25)2)18-5-3-17(4-6-18)15-28-31/h3-6,13,15,22-25,31H,7-12,14H2,1-2H3/b28-15+/t22?,23-,24?,25+,27+/m1/s1. The number of nitrogens with zero attached hydrogens (tertiary/aromatic N) is 1. The molecule has 1 aromatic carbocycles. The van der Waals surface area contributed by atoms with E-state index < -0.39 is 0 Å². The first-order valence-electron chi connectivity index (χ1n) is 11.8. The minimum atomic E-state index is -0.190. The van der Waals surface area contributed by atoms with Crippen molar-refractivity contribution in [3.63, 3.8) is 0 Å². The predicted octanol–water partition coefficient (Wildman–Crippen LogP) is 5.33. The van der Waals surface area contributed by atoms with Crippen LogP contribution in [-0.2, 0) is 14.3 Å². The van der Waals surface area contributed by atoms with Crippen molar-refractivity contribution in [2.24, 2.45) is 22.4 Å². The lowest BCUT2D eigenvalue weighted by Crippen LogP contribution is -2.46. The molecule has 0 amide bonds. The zero-order valence-electron chi connectivity index (χ0n) is 18.8. The summed E-state index contributed by atoms with van der Waals surface area (Å²) in [5.41, 5.74) is 6.26. The van der Waals surface area contributed by atoms with Crippen LogP contribution in [0.3, 0.4) is 0 Å². The Balaban J connectivity index is 1.62. The molecule has 5 rings (SSSR count). The molecule has 5 atom stereocenters. The summed E-state index contributed by atoms with van der Waals surface area (Å²) < 4.78 is 5.86. The molecule has 1 aromatic rings. The third-order valence-electron chi connectivity index (χ3n) is 8.50. The number of rotatable bonds is 3. The summed E-state index contributed by atoms with van der Waals surface area (Å²) in [6.07, 6.45) is 9.75. The maximum atomic E-state index is 12.1. The van der Waals surface area contributed by atoms with Crippen LogP contribution in [0.25, 0.3) is 0 Å². The lowest BCUT2D eigenvalue weighted by atomic mass is 9.53. The quantitative estimate of drug-likeness (QED) is 0.303. The Morgan fingerprint density at radius 1 is 1.16 bits per heavy atom. The van der Waals surface area contributed by atoms with Crippen LogP contribution in [0.5, 0.6) is 0 Å². The first kappa shape index (κ1) is 21.2. The van der Waals surface area contributed by atoms with Gasteiger partial charge in [-0.3, -0.25) is 9.59 Å². The largest absolute Gasteiger partial charge is 0.462 e. The number of allylic oxidation sites excluding steroid dienone is 4. The van der Waals surface area contributed by atoms with Crippen LogP contribution >= 0.6 is 0 Å². The van der Waals surface area contributed by atoms with E-state index in [2.05, 4.69) is 24.2 Å². The van der Waals surface area contributed by atoms with Crippen molar-refractivity contribution in [1.82, 2.24) is 0 Å². The van der Waals surface area contributed by atoms with E-state index in [1.807, 2.05) is 18.2 Å². The van der Waals surface area contributed by atoms with E-state index in [0.717, 1.165) is 44.1 Å². The molecule has 0 saturated heterocycles. The minimum absolute atomic E-state index is 0.0373. The Morgan fingerprint density at radius 3 is 2.66 bits per heavy atom. The second kappa shape index (κ2) is 8.02. The summed E-state index contributed by atoms with van der Waals surface area (Å²) >= 11 is 0. The molecule has 5 nitrogen and oxygen atoms in total. The smallest absolute Gasteiger partial charge is 0.302 e. The Hall–Kier alpha value is -2.69. The van der Waals surface area contributed by atoms with Crippen LogP contribution in [0, 0.1) is 17.3 Å². The molecular formula is C27H31NO4. The molecule has 0 bridgehead atoms. The lowest BCUT2D eigenvalue weighted by molar-refractivity contribution is -0.154. The third kappa shape index (κ3) is 3.42. The summed E-state index contributed by atoms with van der Waals surface area (Å²) in [7, 11) is 0. The van der Waals surface area contributed by atoms with Gasteiger partial charge in [-0.25, -0.2) is 0 Å². The van der Waals surface area contributed by atoms with Gasteiger partial charge < -0.3 is 9.94 Å². The Morgan fingerprint density at radius 2 is 1.94 bits per heavy atom. The van der Waals surface area contributed by atoms with Gasteiger partial charge in [0.1, 0.15) is 6.10 Å². The SMILES string of the molecule is CC(=O)O[C@H]1CCC2C3CCC4=CC(=O)CCC4=C3[C@@H](c3ccc(/C=N/O)cc3)C[C@@]21C. The minimum Gasteiger partial charge on any atom is -0.462 e. The van der Waals surface area contributed by atoms with Crippen LogP contribution in [0.4, 0.5) is 0 Å². The van der Waals surface area contributed by atoms with Crippen LogP contribution in [-0.4, -0.2) is 29.3 Å². The molecule has 0 aromatic heterocycles. The fraction of sp³-hybridized carbons (Fsp3) is 0.519. The van der Waals surface area contributed by atoms with Gasteiger partial charge in [-0.2, -0.15) is 0 Å². The fourth-order valence-electron chi connectivity index (χ4n) is 7.19. The summed E-state index contributed by atoms with van der Waals surface area (Å²) in [5, 5.41) is 12.0. The van der Waals surface area contributed by atoms with E-state index in [4.69, 9.17) is 9.94 Å². The predicted molar refractivity (Wildman–Crippen MR) is 122 cm³/mol. The first-order valence-corrected chi connectivity index (χ1v) is 11.8. The maximum absolute atomic E-state index is 12.1. The Kier molecular flexibility index (Phi) is 5.31. The fourth-order valence-corrected chi connectivity index (χ4v) is 7.19. The zero-order valence-corrected chi connectivity index (χ0v) is 18.8. The number of hydrogen-bond acceptors (Lipinski definition) is 5. The molecule has 0 spiro atoms. The van der Waals surface area contributed by atoms with Crippen molar-refractivity contribution in [3.05, 3.63) is 58.2 Å². The average Bonchev–Trinajstić information content (AvgIpc) is 3.09. The van der Waals surface area contributed by atoms with Gasteiger partial charge >= 0.3 is 5.97 Å². The van der Waals surface area contributed by atoms with Crippen molar-refractivity contribution in [1.29, 1.82) is 0 Å². The van der Waals surface area contributed by atoms with Gasteiger partial charge in [-0.05, 0) is 78.7 Å². The van der Waals surface area contributed by atoms with Crippen molar-refractivity contribution in [3.8, 4) is 0 Å². The van der Waals surface area contributed by atoms with E-state index in [9.17, 15) is 9.59 Å². The number of carbonyl (C=O) groups is 2. The van der Waals surface area contributed by atoms with Crippen LogP contribution in [0.1, 0.15) is 75.8 Å². The molecule has 4 aliphatic rings. The maximum Gasteiger partial charge on any atom is 0.302 e. The van der Waals surface area contributed by atoms with Crippen LogP contribution in [0.2, 0.25) is 0 Å².